The average molecular weight is 380 g/mol. The van der Waals surface area contributed by atoms with Gasteiger partial charge in [-0.1, -0.05) is 6.42 Å². The lowest BCUT2D eigenvalue weighted by Gasteiger charge is -2.18. The number of phenolic OH excluding ortho intramolecular Hbond substituents is 1. The van der Waals surface area contributed by atoms with Gasteiger partial charge in [-0.15, -0.1) is 0 Å². The highest BCUT2D eigenvalue weighted by molar-refractivity contribution is 7.92. The summed E-state index contributed by atoms with van der Waals surface area (Å²) in [5.74, 6) is -1.35. The summed E-state index contributed by atoms with van der Waals surface area (Å²) in [5, 5.41) is 10.3. The number of imidazole rings is 1. The molecule has 1 aromatic heterocycles. The lowest BCUT2D eigenvalue weighted by Crippen LogP contribution is -2.30. The number of rotatable bonds is 2. The van der Waals surface area contributed by atoms with E-state index in [0.717, 1.165) is 44.1 Å². The minimum atomic E-state index is -4.20. The second-order valence-electron chi connectivity index (χ2n) is 6.38. The minimum Gasteiger partial charge on any atom is -0.506 e. The molecular weight excluding hydrogens is 363 g/mol. The van der Waals surface area contributed by atoms with Crippen molar-refractivity contribution in [2.75, 3.05) is 10.8 Å². The fourth-order valence-electron chi connectivity index (χ4n) is 3.45. The number of anilines is 1. The number of aromatic nitrogens is 2. The van der Waals surface area contributed by atoms with Gasteiger partial charge >= 0.3 is 10.2 Å². The van der Waals surface area contributed by atoms with Gasteiger partial charge in [-0.25, -0.2) is 18.4 Å². The molecule has 3 heterocycles. The molecule has 0 saturated carbocycles. The van der Waals surface area contributed by atoms with E-state index in [-0.39, 0.29) is 0 Å². The van der Waals surface area contributed by atoms with Crippen molar-refractivity contribution in [2.24, 2.45) is 0 Å². The topological polar surface area (TPSA) is 105 Å². The fourth-order valence-corrected chi connectivity index (χ4v) is 4.62. The van der Waals surface area contributed by atoms with E-state index in [9.17, 15) is 22.7 Å². The fraction of sp³-hybridized carbons (Fsp3) is 0.375. The molecule has 1 amide bonds. The van der Waals surface area contributed by atoms with Crippen molar-refractivity contribution in [3.05, 3.63) is 30.0 Å². The number of fused-ring (bicyclic) bond motifs is 1. The van der Waals surface area contributed by atoms with Gasteiger partial charge in [0.05, 0.1) is 11.9 Å². The number of hydrogen-bond donors (Lipinski definition) is 2. The molecule has 8 nitrogen and oxygen atoms in total. The molecule has 0 unspecified atom stereocenters. The van der Waals surface area contributed by atoms with Crippen molar-refractivity contribution < 1.29 is 22.7 Å². The van der Waals surface area contributed by atoms with Gasteiger partial charge in [-0.3, -0.25) is 4.79 Å². The van der Waals surface area contributed by atoms with Crippen LogP contribution in [0.15, 0.2) is 18.3 Å². The highest BCUT2D eigenvalue weighted by atomic mass is 32.2. The van der Waals surface area contributed by atoms with E-state index >= 15 is 0 Å². The highest BCUT2D eigenvalue weighted by Gasteiger charge is 2.37. The van der Waals surface area contributed by atoms with E-state index in [2.05, 4.69) is 4.98 Å². The van der Waals surface area contributed by atoms with Crippen LogP contribution in [0.2, 0.25) is 0 Å². The monoisotopic (exact) mass is 380 g/mol. The van der Waals surface area contributed by atoms with Gasteiger partial charge in [0.2, 0.25) is 0 Å². The molecule has 2 aliphatic rings. The number of carbonyl (C=O) groups excluding carboxylic acids is 1. The summed E-state index contributed by atoms with van der Waals surface area (Å²) in [4.78, 5) is 15.7. The van der Waals surface area contributed by atoms with Gasteiger partial charge in [0.1, 0.15) is 23.8 Å². The smallest absolute Gasteiger partial charge is 0.326 e. The van der Waals surface area contributed by atoms with Crippen molar-refractivity contribution >= 4 is 21.8 Å². The molecule has 2 aliphatic heterocycles. The normalized spacial score (nSPS) is 19.1. The van der Waals surface area contributed by atoms with Crippen LogP contribution in [0.5, 0.6) is 5.75 Å². The molecule has 1 aromatic carbocycles. The summed E-state index contributed by atoms with van der Waals surface area (Å²) < 4.78 is 42.8. The first-order valence-electron chi connectivity index (χ1n) is 8.27. The maximum Gasteiger partial charge on any atom is 0.326 e. The zero-order chi connectivity index (χ0) is 18.5. The van der Waals surface area contributed by atoms with E-state index in [1.54, 1.807) is 10.9 Å². The Labute approximate surface area is 149 Å². The van der Waals surface area contributed by atoms with Gasteiger partial charge in [0, 0.05) is 18.5 Å². The molecule has 2 aromatic rings. The summed E-state index contributed by atoms with van der Waals surface area (Å²) >= 11 is 0. The lowest BCUT2D eigenvalue weighted by molar-refractivity contribution is -0.117. The third kappa shape index (κ3) is 2.70. The average Bonchev–Trinajstić information content (AvgIpc) is 2.97. The zero-order valence-corrected chi connectivity index (χ0v) is 14.6. The van der Waals surface area contributed by atoms with Crippen LogP contribution in [0.3, 0.4) is 0 Å². The highest BCUT2D eigenvalue weighted by Crippen LogP contribution is 2.38. The second-order valence-corrected chi connectivity index (χ2v) is 7.98. The van der Waals surface area contributed by atoms with Crippen molar-refractivity contribution in [2.45, 2.75) is 32.2 Å². The summed E-state index contributed by atoms with van der Waals surface area (Å²) in [6, 6.07) is 2.45. The van der Waals surface area contributed by atoms with Gasteiger partial charge in [-0.05, 0) is 25.0 Å². The van der Waals surface area contributed by atoms with Gasteiger partial charge in [0.25, 0.3) is 5.91 Å². The molecule has 0 radical (unpaired) electrons. The van der Waals surface area contributed by atoms with E-state index in [1.165, 1.54) is 6.07 Å². The van der Waals surface area contributed by atoms with Crippen LogP contribution in [0.1, 0.15) is 25.1 Å². The lowest BCUT2D eigenvalue weighted by atomic mass is 10.1. The number of halogens is 1. The maximum absolute atomic E-state index is 14.7. The molecule has 2 N–H and O–H groups in total. The molecule has 0 aliphatic carbocycles. The van der Waals surface area contributed by atoms with E-state index < -0.39 is 39.9 Å². The van der Waals surface area contributed by atoms with Crippen LogP contribution in [-0.2, 0) is 28.0 Å². The number of nitrogens with zero attached hydrogens (tertiary/aromatic N) is 3. The molecule has 1 fully saturated rings. The zero-order valence-electron chi connectivity index (χ0n) is 13.8. The number of aryl methyl sites for hydroxylation is 1. The molecule has 0 atom stereocenters. The van der Waals surface area contributed by atoms with Gasteiger partial charge < -0.3 is 9.67 Å². The Morgan fingerprint density at radius 3 is 2.73 bits per heavy atom. The Balaban J connectivity index is 1.78. The third-order valence-electron chi connectivity index (χ3n) is 4.63. The van der Waals surface area contributed by atoms with Crippen LogP contribution >= 0.6 is 0 Å². The molecule has 138 valence electrons. The predicted octanol–water partition coefficient (Wildman–Crippen LogP) is 1.30. The summed E-state index contributed by atoms with van der Waals surface area (Å²) in [7, 11) is -4.20. The first-order valence-corrected chi connectivity index (χ1v) is 9.71. The molecule has 0 spiro atoms. The Bertz CT molecular complexity index is 979. The van der Waals surface area contributed by atoms with Gasteiger partial charge in [-0.2, -0.15) is 8.42 Å². The first kappa shape index (κ1) is 16.8. The Morgan fingerprint density at radius 1 is 1.23 bits per heavy atom. The van der Waals surface area contributed by atoms with E-state index in [4.69, 9.17) is 0 Å². The molecule has 26 heavy (non-hydrogen) atoms. The van der Waals surface area contributed by atoms with E-state index in [1.807, 2.05) is 4.57 Å². The number of benzene rings is 1. The van der Waals surface area contributed by atoms with Crippen molar-refractivity contribution in [1.29, 1.82) is 0 Å². The summed E-state index contributed by atoms with van der Waals surface area (Å²) in [6.07, 6.45) is 5.60. The number of phenols is 1. The quantitative estimate of drug-likeness (QED) is 0.817. The predicted molar refractivity (Wildman–Crippen MR) is 91.2 cm³/mol. The molecule has 10 heteroatoms. The van der Waals surface area contributed by atoms with Crippen LogP contribution in [0.25, 0.3) is 11.3 Å². The molecule has 0 bridgehead atoms. The standard InChI is InChI=1S/C16H17FN4O4S/c17-11-6-10(12-8-18-14-4-2-1-3-5-20(12)14)7-13(22)16(11)21-9-15(23)19-26(21,24)25/h6-8,22H,1-5,9H2,(H,19,23). The first-order chi connectivity index (χ1) is 12.4. The Morgan fingerprint density at radius 2 is 2.04 bits per heavy atom. The molecule has 4 rings (SSSR count). The SMILES string of the molecule is O=C1CN(c2c(O)cc(-c3cnc4n3CCCCC4)cc2F)S(=O)(=O)N1. The second kappa shape index (κ2) is 5.97. The van der Waals surface area contributed by atoms with Gasteiger partial charge in [0.15, 0.2) is 5.82 Å². The largest absolute Gasteiger partial charge is 0.506 e. The van der Waals surface area contributed by atoms with Crippen LogP contribution in [0.4, 0.5) is 10.1 Å². The Kier molecular flexibility index (Phi) is 3.87. The third-order valence-corrected chi connectivity index (χ3v) is 6.01. The Hall–Kier alpha value is -2.62. The minimum absolute atomic E-state index is 0.403. The summed E-state index contributed by atoms with van der Waals surface area (Å²) in [6.45, 7) is 0.183. The van der Waals surface area contributed by atoms with Crippen LogP contribution in [-0.4, -0.2) is 35.5 Å². The molecular formula is C16H17FN4O4S. The van der Waals surface area contributed by atoms with Crippen molar-refractivity contribution in [3.63, 3.8) is 0 Å². The number of aromatic hydroxyl groups is 1. The summed E-state index contributed by atoms with van der Waals surface area (Å²) in [5.41, 5.74) is 0.532. The number of amides is 1. The number of hydrogen-bond acceptors (Lipinski definition) is 5. The molecule has 1 saturated heterocycles. The van der Waals surface area contributed by atoms with Crippen molar-refractivity contribution in [1.82, 2.24) is 14.3 Å². The number of carbonyl (C=O) groups is 1. The number of nitrogens with one attached hydrogen (secondary N) is 1. The van der Waals surface area contributed by atoms with Crippen molar-refractivity contribution in [3.8, 4) is 17.0 Å². The van der Waals surface area contributed by atoms with Crippen LogP contribution in [0, 0.1) is 5.82 Å². The maximum atomic E-state index is 14.7. The van der Waals surface area contributed by atoms with E-state index in [0.29, 0.717) is 15.6 Å². The van der Waals surface area contributed by atoms with Crippen LogP contribution < -0.4 is 9.03 Å².